The highest BCUT2D eigenvalue weighted by Crippen LogP contribution is 2.39. The van der Waals surface area contributed by atoms with Crippen molar-refractivity contribution in [2.75, 3.05) is 18.2 Å². The van der Waals surface area contributed by atoms with Crippen molar-refractivity contribution >= 4 is 17.3 Å². The zero-order chi connectivity index (χ0) is 14.0. The third kappa shape index (κ3) is 2.83. The van der Waals surface area contributed by atoms with Gasteiger partial charge in [0.2, 0.25) is 0 Å². The van der Waals surface area contributed by atoms with Gasteiger partial charge in [0.1, 0.15) is 0 Å². The van der Waals surface area contributed by atoms with Gasteiger partial charge in [-0.15, -0.1) is 0 Å². The molecule has 3 N–H and O–H groups in total. The molecule has 1 aromatic carbocycles. The SMILES string of the molecule is COC(=O)c1cc(NC2CCCC2(C)C)ccc1N. The van der Waals surface area contributed by atoms with E-state index in [1.807, 2.05) is 6.07 Å². The second-order valence-electron chi connectivity index (χ2n) is 5.87. The minimum Gasteiger partial charge on any atom is -0.465 e. The van der Waals surface area contributed by atoms with Gasteiger partial charge in [0.05, 0.1) is 12.7 Å². The highest BCUT2D eigenvalue weighted by Gasteiger charge is 2.34. The van der Waals surface area contributed by atoms with E-state index >= 15 is 0 Å². The molecule has 1 aromatic rings. The molecule has 104 valence electrons. The number of methoxy groups -OCH3 is 1. The molecule has 0 radical (unpaired) electrons. The van der Waals surface area contributed by atoms with Gasteiger partial charge in [0.15, 0.2) is 0 Å². The van der Waals surface area contributed by atoms with E-state index in [1.54, 1.807) is 12.1 Å². The van der Waals surface area contributed by atoms with Crippen molar-refractivity contribution in [3.8, 4) is 0 Å². The minimum atomic E-state index is -0.396. The first-order chi connectivity index (χ1) is 8.94. The van der Waals surface area contributed by atoms with Crippen LogP contribution in [-0.2, 0) is 4.74 Å². The van der Waals surface area contributed by atoms with E-state index < -0.39 is 5.97 Å². The summed E-state index contributed by atoms with van der Waals surface area (Å²) in [7, 11) is 1.36. The van der Waals surface area contributed by atoms with Crippen LogP contribution in [-0.4, -0.2) is 19.1 Å². The number of carbonyl (C=O) groups is 1. The molecule has 0 spiro atoms. The summed E-state index contributed by atoms with van der Waals surface area (Å²) in [4.78, 5) is 11.6. The molecule has 1 saturated carbocycles. The van der Waals surface area contributed by atoms with Gasteiger partial charge in [-0.3, -0.25) is 0 Å². The summed E-state index contributed by atoms with van der Waals surface area (Å²) in [6.45, 7) is 4.55. The fourth-order valence-corrected chi connectivity index (χ4v) is 2.73. The van der Waals surface area contributed by atoms with Crippen molar-refractivity contribution in [3.63, 3.8) is 0 Å². The van der Waals surface area contributed by atoms with E-state index in [9.17, 15) is 4.79 Å². The smallest absolute Gasteiger partial charge is 0.340 e. The lowest BCUT2D eigenvalue weighted by atomic mass is 9.87. The van der Waals surface area contributed by atoms with E-state index in [0.29, 0.717) is 17.3 Å². The standard InChI is InChI=1S/C15H22N2O2/c1-15(2)8-4-5-13(15)17-10-6-7-12(16)11(9-10)14(18)19-3/h6-7,9,13,17H,4-5,8,16H2,1-3H3. The molecule has 19 heavy (non-hydrogen) atoms. The van der Waals surface area contributed by atoms with Crippen molar-refractivity contribution in [1.82, 2.24) is 0 Å². The molecule has 1 unspecified atom stereocenters. The molecule has 0 aliphatic heterocycles. The van der Waals surface area contributed by atoms with Crippen LogP contribution in [0, 0.1) is 5.41 Å². The van der Waals surface area contributed by atoms with E-state index in [4.69, 9.17) is 10.5 Å². The Hall–Kier alpha value is -1.71. The minimum absolute atomic E-state index is 0.285. The number of nitrogen functional groups attached to an aromatic ring is 1. The maximum atomic E-state index is 11.6. The Morgan fingerprint density at radius 2 is 2.21 bits per heavy atom. The van der Waals surface area contributed by atoms with Crippen molar-refractivity contribution in [2.45, 2.75) is 39.2 Å². The number of hydrogen-bond donors (Lipinski definition) is 2. The van der Waals surface area contributed by atoms with E-state index in [-0.39, 0.29) is 5.41 Å². The quantitative estimate of drug-likeness (QED) is 0.649. The Morgan fingerprint density at radius 1 is 1.47 bits per heavy atom. The van der Waals surface area contributed by atoms with Crippen LogP contribution in [0.5, 0.6) is 0 Å². The van der Waals surface area contributed by atoms with Crippen LogP contribution >= 0.6 is 0 Å². The van der Waals surface area contributed by atoms with Gasteiger partial charge < -0.3 is 15.8 Å². The molecule has 0 bridgehead atoms. The van der Waals surface area contributed by atoms with Gasteiger partial charge in [-0.1, -0.05) is 20.3 Å². The van der Waals surface area contributed by atoms with Crippen LogP contribution in [0.3, 0.4) is 0 Å². The van der Waals surface area contributed by atoms with E-state index in [1.165, 1.54) is 20.0 Å². The molecule has 2 rings (SSSR count). The number of nitrogens with one attached hydrogen (secondary N) is 1. The van der Waals surface area contributed by atoms with Crippen molar-refractivity contribution < 1.29 is 9.53 Å². The summed E-state index contributed by atoms with van der Waals surface area (Å²) in [5, 5.41) is 3.51. The number of carbonyl (C=O) groups excluding carboxylic acids is 1. The molecule has 4 heteroatoms. The zero-order valence-electron chi connectivity index (χ0n) is 11.8. The molecular formula is C15H22N2O2. The first-order valence-electron chi connectivity index (χ1n) is 6.68. The van der Waals surface area contributed by atoms with E-state index in [2.05, 4.69) is 19.2 Å². The second kappa shape index (κ2) is 5.11. The molecule has 0 saturated heterocycles. The number of benzene rings is 1. The molecule has 1 aliphatic carbocycles. The Kier molecular flexibility index (Phi) is 3.69. The predicted molar refractivity (Wildman–Crippen MR) is 77.2 cm³/mol. The zero-order valence-corrected chi connectivity index (χ0v) is 11.8. The number of esters is 1. The average Bonchev–Trinajstić information content (AvgIpc) is 2.70. The first-order valence-corrected chi connectivity index (χ1v) is 6.68. The van der Waals surface area contributed by atoms with Crippen LogP contribution in [0.15, 0.2) is 18.2 Å². The Balaban J connectivity index is 2.20. The summed E-state index contributed by atoms with van der Waals surface area (Å²) >= 11 is 0. The molecule has 1 fully saturated rings. The highest BCUT2D eigenvalue weighted by molar-refractivity contribution is 5.96. The molecule has 4 nitrogen and oxygen atoms in total. The van der Waals surface area contributed by atoms with Crippen molar-refractivity contribution in [2.24, 2.45) is 5.41 Å². The normalized spacial score (nSPS) is 21.1. The summed E-state index contributed by atoms with van der Waals surface area (Å²) in [5.74, 6) is -0.396. The maximum Gasteiger partial charge on any atom is 0.340 e. The Morgan fingerprint density at radius 3 is 2.79 bits per heavy atom. The number of ether oxygens (including phenoxy) is 1. The van der Waals surface area contributed by atoms with Crippen molar-refractivity contribution in [1.29, 1.82) is 0 Å². The lowest BCUT2D eigenvalue weighted by Crippen LogP contribution is -2.30. The number of nitrogens with two attached hydrogens (primary N) is 1. The second-order valence-corrected chi connectivity index (χ2v) is 5.87. The third-order valence-corrected chi connectivity index (χ3v) is 4.06. The first kappa shape index (κ1) is 13.7. The molecule has 1 aliphatic rings. The van der Waals surface area contributed by atoms with Crippen LogP contribution in [0.2, 0.25) is 0 Å². The van der Waals surface area contributed by atoms with Crippen molar-refractivity contribution in [3.05, 3.63) is 23.8 Å². The lowest BCUT2D eigenvalue weighted by Gasteiger charge is -2.29. The average molecular weight is 262 g/mol. The topological polar surface area (TPSA) is 64.3 Å². The van der Waals surface area contributed by atoms with Crippen LogP contribution in [0.4, 0.5) is 11.4 Å². The Bertz CT molecular complexity index is 483. The van der Waals surface area contributed by atoms with Gasteiger partial charge in [0.25, 0.3) is 0 Å². The van der Waals surface area contributed by atoms with Gasteiger partial charge in [-0.05, 0) is 36.5 Å². The van der Waals surface area contributed by atoms with Gasteiger partial charge in [0, 0.05) is 17.4 Å². The van der Waals surface area contributed by atoms with Crippen LogP contribution in [0.25, 0.3) is 0 Å². The van der Waals surface area contributed by atoms with Gasteiger partial charge in [-0.25, -0.2) is 4.79 Å². The summed E-state index contributed by atoms with van der Waals surface area (Å²) in [6, 6.07) is 5.86. The van der Waals surface area contributed by atoms with Gasteiger partial charge in [-0.2, -0.15) is 0 Å². The largest absolute Gasteiger partial charge is 0.465 e. The highest BCUT2D eigenvalue weighted by atomic mass is 16.5. The summed E-state index contributed by atoms with van der Waals surface area (Å²) in [6.07, 6.45) is 3.62. The number of rotatable bonds is 3. The van der Waals surface area contributed by atoms with E-state index in [0.717, 1.165) is 12.1 Å². The molecular weight excluding hydrogens is 240 g/mol. The fraction of sp³-hybridized carbons (Fsp3) is 0.533. The third-order valence-electron chi connectivity index (χ3n) is 4.06. The predicted octanol–water partition coefficient (Wildman–Crippen LogP) is 3.05. The fourth-order valence-electron chi connectivity index (χ4n) is 2.73. The molecule has 0 heterocycles. The van der Waals surface area contributed by atoms with Gasteiger partial charge >= 0.3 is 5.97 Å². The lowest BCUT2D eigenvalue weighted by molar-refractivity contribution is 0.0602. The summed E-state index contributed by atoms with van der Waals surface area (Å²) < 4.78 is 4.74. The van der Waals surface area contributed by atoms with Crippen LogP contribution < -0.4 is 11.1 Å². The number of hydrogen-bond acceptors (Lipinski definition) is 4. The number of anilines is 2. The molecule has 1 atom stereocenters. The van der Waals surface area contributed by atoms with Crippen LogP contribution in [0.1, 0.15) is 43.5 Å². The maximum absolute atomic E-state index is 11.6. The monoisotopic (exact) mass is 262 g/mol. The molecule has 0 amide bonds. The molecule has 0 aromatic heterocycles. The Labute approximate surface area is 114 Å². The summed E-state index contributed by atoms with van der Waals surface area (Å²) in [5.41, 5.74) is 7.88.